The number of aliphatic hydroxyl groups is 1. The number of ketones is 1. The number of benzene rings is 2. The third-order valence-electron chi connectivity index (χ3n) is 6.09. The largest absolute Gasteiger partial charge is 0.435 e. The Morgan fingerprint density at radius 1 is 1.17 bits per heavy atom. The third kappa shape index (κ3) is 4.99. The summed E-state index contributed by atoms with van der Waals surface area (Å²) in [5.41, 5.74) is 6.20. The Morgan fingerprint density at radius 3 is 2.51 bits per heavy atom. The Balaban J connectivity index is 1.87. The van der Waals surface area contributed by atoms with Gasteiger partial charge in [0.1, 0.15) is 0 Å². The molecule has 1 aromatic heterocycles. The molecule has 0 bridgehead atoms. The number of hydrogen-bond donors (Lipinski definition) is 2. The number of nitrogens with two attached hydrogens (primary N) is 1. The van der Waals surface area contributed by atoms with Gasteiger partial charge in [0.05, 0.1) is 23.6 Å². The van der Waals surface area contributed by atoms with Crippen molar-refractivity contribution >= 4 is 34.3 Å². The summed E-state index contributed by atoms with van der Waals surface area (Å²) in [5, 5.41) is 13.4. The van der Waals surface area contributed by atoms with Crippen LogP contribution in [0.2, 0.25) is 0 Å². The van der Waals surface area contributed by atoms with Crippen LogP contribution in [0.3, 0.4) is 0 Å². The molecule has 0 unspecified atom stereocenters. The normalized spacial score (nSPS) is 15.2. The molecule has 2 aromatic carbocycles. The maximum absolute atomic E-state index is 13.8. The van der Waals surface area contributed by atoms with Gasteiger partial charge < -0.3 is 10.8 Å². The van der Waals surface area contributed by atoms with Crippen LogP contribution in [0.15, 0.2) is 36.4 Å². The number of primary amides is 1. The molecule has 0 spiro atoms. The van der Waals surface area contributed by atoms with Crippen molar-refractivity contribution in [1.82, 2.24) is 9.78 Å². The first kappa shape index (κ1) is 25.4. The second-order valence-corrected chi connectivity index (χ2v) is 10.6. The number of Topliss-reactive ketones (excluding diaryl/α,β-unsaturated/α-hetero) is 1. The van der Waals surface area contributed by atoms with Gasteiger partial charge in [-0.3, -0.25) is 9.59 Å². The fourth-order valence-corrected chi connectivity index (χ4v) is 5.04. The summed E-state index contributed by atoms with van der Waals surface area (Å²) in [6, 6.07) is 10.0. The molecule has 0 radical (unpaired) electrons. The van der Waals surface area contributed by atoms with Crippen LogP contribution < -0.4 is 5.73 Å². The van der Waals surface area contributed by atoms with Crippen LogP contribution in [0.25, 0.3) is 5.69 Å². The molecule has 3 aromatic rings. The molecule has 1 aliphatic rings. The van der Waals surface area contributed by atoms with E-state index in [0.717, 1.165) is 14.7 Å². The molecule has 0 saturated heterocycles. The van der Waals surface area contributed by atoms with E-state index in [2.05, 4.69) is 27.7 Å². The van der Waals surface area contributed by atoms with E-state index in [1.165, 1.54) is 16.8 Å². The van der Waals surface area contributed by atoms with Crippen molar-refractivity contribution in [3.8, 4) is 5.69 Å². The van der Waals surface area contributed by atoms with E-state index >= 15 is 0 Å². The topological polar surface area (TPSA) is 98.2 Å². The fourth-order valence-electron chi connectivity index (χ4n) is 4.54. The van der Waals surface area contributed by atoms with E-state index in [9.17, 15) is 27.9 Å². The smallest absolute Gasteiger partial charge is 0.392 e. The van der Waals surface area contributed by atoms with Gasteiger partial charge in [-0.25, -0.2) is 4.68 Å². The van der Waals surface area contributed by atoms with Crippen molar-refractivity contribution in [3.63, 3.8) is 0 Å². The Morgan fingerprint density at radius 2 is 1.89 bits per heavy atom. The minimum absolute atomic E-state index is 0.000629. The molecule has 3 N–H and O–H groups in total. The molecular weight excluding hydrogens is 571 g/mol. The summed E-state index contributed by atoms with van der Waals surface area (Å²) in [6.45, 7) is 3.50. The summed E-state index contributed by atoms with van der Waals surface area (Å²) < 4.78 is 43.5. The van der Waals surface area contributed by atoms with Crippen LogP contribution in [0.1, 0.15) is 69.1 Å². The number of aromatic nitrogens is 2. The average Bonchev–Trinajstić information content (AvgIpc) is 3.14. The Hall–Kier alpha value is -2.73. The Kier molecular flexibility index (Phi) is 6.56. The van der Waals surface area contributed by atoms with Crippen molar-refractivity contribution in [2.45, 2.75) is 45.9 Å². The molecule has 184 valence electrons. The third-order valence-corrected chi connectivity index (χ3v) is 7.14. The Labute approximate surface area is 213 Å². The molecule has 0 saturated carbocycles. The van der Waals surface area contributed by atoms with Gasteiger partial charge in [-0.1, -0.05) is 26.0 Å². The number of carbonyl (C=O) groups is 2. The van der Waals surface area contributed by atoms with Crippen molar-refractivity contribution in [3.05, 3.63) is 79.2 Å². The summed E-state index contributed by atoms with van der Waals surface area (Å²) in [5.74, 6) is -1.26. The molecule has 0 fully saturated rings. The number of fused-ring (bicyclic) bond motifs is 1. The van der Waals surface area contributed by atoms with Crippen molar-refractivity contribution in [2.24, 2.45) is 11.1 Å². The number of rotatable bonds is 5. The zero-order chi connectivity index (χ0) is 25.7. The molecule has 4 rings (SSSR count). The van der Waals surface area contributed by atoms with Gasteiger partial charge >= 0.3 is 6.18 Å². The second kappa shape index (κ2) is 9.05. The van der Waals surface area contributed by atoms with Gasteiger partial charge in [0.25, 0.3) is 0 Å². The molecule has 0 aliphatic heterocycles. The predicted molar refractivity (Wildman–Crippen MR) is 131 cm³/mol. The highest BCUT2D eigenvalue weighted by Gasteiger charge is 2.45. The quantitative estimate of drug-likeness (QED) is 0.414. The summed E-state index contributed by atoms with van der Waals surface area (Å²) >= 11 is 2.11. The maximum atomic E-state index is 13.8. The standard InChI is InChI=1S/C25H23F3IN3O3/c1-24(2)10-19-21(20(34)11-24)22(25(26,27)28)31-32(19)16-4-5-17(23(30)35)14(9-16)7-13-3-6-18(29)15(8-13)12-33/h3-6,8-9,33H,7,10-12H2,1-2H3,(H2,30,35)/i29-3. The Bertz CT molecular complexity index is 1350. The zero-order valence-corrected chi connectivity index (χ0v) is 21.2. The van der Waals surface area contributed by atoms with Gasteiger partial charge in [-0.15, -0.1) is 0 Å². The minimum atomic E-state index is -4.79. The van der Waals surface area contributed by atoms with Gasteiger partial charge in [-0.2, -0.15) is 18.3 Å². The zero-order valence-electron chi connectivity index (χ0n) is 19.0. The number of alkyl halides is 3. The van der Waals surface area contributed by atoms with Gasteiger partial charge in [-0.05, 0) is 81.8 Å². The first-order valence-corrected chi connectivity index (χ1v) is 11.9. The van der Waals surface area contributed by atoms with Crippen LogP contribution in [0, 0.1) is 8.99 Å². The average molecular weight is 594 g/mol. The maximum Gasteiger partial charge on any atom is 0.435 e. The van der Waals surface area contributed by atoms with E-state index in [-0.39, 0.29) is 42.7 Å². The van der Waals surface area contributed by atoms with E-state index in [4.69, 9.17) is 5.73 Å². The van der Waals surface area contributed by atoms with Crippen LogP contribution in [-0.4, -0.2) is 26.6 Å². The lowest BCUT2D eigenvalue weighted by molar-refractivity contribution is -0.141. The highest BCUT2D eigenvalue weighted by molar-refractivity contribution is 14.1. The lowest BCUT2D eigenvalue weighted by atomic mass is 9.75. The number of aliphatic hydroxyl groups excluding tert-OH is 1. The minimum Gasteiger partial charge on any atom is -0.392 e. The molecule has 10 heteroatoms. The van der Waals surface area contributed by atoms with Crippen molar-refractivity contribution in [2.75, 3.05) is 0 Å². The van der Waals surface area contributed by atoms with Gasteiger partial charge in [0, 0.05) is 15.6 Å². The first-order chi connectivity index (χ1) is 16.3. The van der Waals surface area contributed by atoms with E-state index in [0.29, 0.717) is 11.3 Å². The lowest BCUT2D eigenvalue weighted by Gasteiger charge is -2.29. The predicted octanol–water partition coefficient (Wildman–Crippen LogP) is 4.83. The SMILES string of the molecule is CC1(C)CC(=O)c2c(C(F)(F)F)nn(-c3ccc(C(N)=O)c(Cc4ccc([124I])c(CO)c4)c3)c2C1. The van der Waals surface area contributed by atoms with Crippen LogP contribution in [0.5, 0.6) is 0 Å². The van der Waals surface area contributed by atoms with E-state index in [1.54, 1.807) is 12.1 Å². The van der Waals surface area contributed by atoms with Crippen LogP contribution >= 0.6 is 22.6 Å². The number of hydrogen-bond acceptors (Lipinski definition) is 4. The molecule has 6 nitrogen and oxygen atoms in total. The van der Waals surface area contributed by atoms with Crippen molar-refractivity contribution < 1.29 is 27.9 Å². The molecule has 1 amide bonds. The number of nitrogens with zero attached hydrogens (tertiary/aromatic N) is 2. The monoisotopic (exact) mass is 594 g/mol. The van der Waals surface area contributed by atoms with Crippen LogP contribution in [-0.2, 0) is 25.6 Å². The van der Waals surface area contributed by atoms with E-state index < -0.39 is 29.0 Å². The summed E-state index contributed by atoms with van der Waals surface area (Å²) in [7, 11) is 0. The molecule has 0 atom stereocenters. The fraction of sp³-hybridized carbons (Fsp3) is 0.320. The number of halogens is 4. The molecule has 1 heterocycles. The molecule has 1 aliphatic carbocycles. The number of carbonyl (C=O) groups excluding carboxylic acids is 2. The summed E-state index contributed by atoms with van der Waals surface area (Å²) in [4.78, 5) is 24.8. The lowest BCUT2D eigenvalue weighted by Crippen LogP contribution is -2.29. The summed E-state index contributed by atoms with van der Waals surface area (Å²) in [6.07, 6.45) is -4.29. The molecular formula is C25H23F3IN3O3. The highest BCUT2D eigenvalue weighted by atomic mass is 124. The van der Waals surface area contributed by atoms with E-state index in [1.807, 2.05) is 26.0 Å². The highest BCUT2D eigenvalue weighted by Crippen LogP contribution is 2.42. The second-order valence-electron chi connectivity index (χ2n) is 9.49. The van der Waals surface area contributed by atoms with Crippen LogP contribution in [0.4, 0.5) is 13.2 Å². The van der Waals surface area contributed by atoms with Gasteiger partial charge in [0.2, 0.25) is 5.91 Å². The van der Waals surface area contributed by atoms with Crippen molar-refractivity contribution in [1.29, 1.82) is 0 Å². The first-order valence-electron chi connectivity index (χ1n) is 10.8. The number of amides is 1. The van der Waals surface area contributed by atoms with Gasteiger partial charge in [0.15, 0.2) is 11.5 Å². The molecule has 35 heavy (non-hydrogen) atoms.